The van der Waals surface area contributed by atoms with E-state index in [2.05, 4.69) is 10.6 Å². The van der Waals surface area contributed by atoms with Gasteiger partial charge in [0.05, 0.1) is 18.2 Å². The Kier molecular flexibility index (Phi) is 7.13. The number of hydrogen-bond acceptors (Lipinski definition) is 4. The molecule has 3 rings (SSSR count). The summed E-state index contributed by atoms with van der Waals surface area (Å²) in [6.07, 6.45) is 6.42. The van der Waals surface area contributed by atoms with Crippen LogP contribution in [-0.2, 0) is 14.3 Å². The third-order valence-corrected chi connectivity index (χ3v) is 6.01. The van der Waals surface area contributed by atoms with Crippen molar-refractivity contribution in [3.8, 4) is 0 Å². The van der Waals surface area contributed by atoms with Gasteiger partial charge in [-0.15, -0.1) is 0 Å². The number of ether oxygens (including phenoxy) is 1. The summed E-state index contributed by atoms with van der Waals surface area (Å²) in [6, 6.07) is 6.33. The van der Waals surface area contributed by atoms with Crippen LogP contribution in [0.3, 0.4) is 0 Å². The lowest BCUT2D eigenvalue weighted by atomic mass is 9.94. The molecule has 1 aliphatic heterocycles. The van der Waals surface area contributed by atoms with Crippen LogP contribution in [0.4, 0.5) is 10.5 Å². The van der Waals surface area contributed by atoms with Crippen LogP contribution in [0, 0.1) is 5.92 Å². The molecule has 0 radical (unpaired) electrons. The Hall–Kier alpha value is -2.83. The first-order valence-electron chi connectivity index (χ1n) is 10.7. The van der Waals surface area contributed by atoms with Crippen LogP contribution in [0.25, 0.3) is 0 Å². The maximum absolute atomic E-state index is 12.6. The predicted molar refractivity (Wildman–Crippen MR) is 115 cm³/mol. The molecule has 1 fully saturated rings. The van der Waals surface area contributed by atoms with E-state index >= 15 is 0 Å². The van der Waals surface area contributed by atoms with Crippen molar-refractivity contribution in [2.24, 2.45) is 5.92 Å². The highest BCUT2D eigenvalue weighted by atomic mass is 16.5. The van der Waals surface area contributed by atoms with Crippen molar-refractivity contribution in [2.75, 3.05) is 19.0 Å². The first kappa shape index (κ1) is 21.9. The van der Waals surface area contributed by atoms with Gasteiger partial charge in [0.2, 0.25) is 5.91 Å². The molecule has 0 unspecified atom stereocenters. The SMILES string of the molecule is CCOC(=O)C1=C(C)N(C)C(=O)N[C@H]1c1cccc(NC(=O)CCC2CCCC2)c1. The van der Waals surface area contributed by atoms with Crippen LogP contribution in [-0.4, -0.2) is 36.5 Å². The highest BCUT2D eigenvalue weighted by molar-refractivity contribution is 5.95. The highest BCUT2D eigenvalue weighted by Crippen LogP contribution is 2.32. The van der Waals surface area contributed by atoms with Crippen molar-refractivity contribution in [3.63, 3.8) is 0 Å². The maximum Gasteiger partial charge on any atom is 0.338 e. The molecule has 0 saturated heterocycles. The largest absolute Gasteiger partial charge is 0.463 e. The Morgan fingerprint density at radius 1 is 1.27 bits per heavy atom. The van der Waals surface area contributed by atoms with Gasteiger partial charge in [-0.1, -0.05) is 37.8 Å². The van der Waals surface area contributed by atoms with E-state index < -0.39 is 12.0 Å². The third kappa shape index (κ3) is 5.01. The number of benzene rings is 1. The molecule has 30 heavy (non-hydrogen) atoms. The van der Waals surface area contributed by atoms with Gasteiger partial charge in [0.25, 0.3) is 0 Å². The number of allylic oxidation sites excluding steroid dienone is 1. The topological polar surface area (TPSA) is 87.7 Å². The molecule has 1 aliphatic carbocycles. The van der Waals surface area contributed by atoms with Crippen LogP contribution >= 0.6 is 0 Å². The molecule has 1 aromatic carbocycles. The Balaban J connectivity index is 1.76. The first-order valence-corrected chi connectivity index (χ1v) is 10.7. The lowest BCUT2D eigenvalue weighted by molar-refractivity contribution is -0.139. The first-order chi connectivity index (χ1) is 14.4. The average Bonchev–Trinajstić information content (AvgIpc) is 3.24. The van der Waals surface area contributed by atoms with Crippen LogP contribution in [0.2, 0.25) is 0 Å². The Morgan fingerprint density at radius 2 is 2.00 bits per heavy atom. The van der Waals surface area contributed by atoms with Gasteiger partial charge >= 0.3 is 12.0 Å². The van der Waals surface area contributed by atoms with E-state index in [0.717, 1.165) is 6.42 Å². The molecule has 0 aromatic heterocycles. The van der Waals surface area contributed by atoms with Crippen LogP contribution in [0.1, 0.15) is 64.0 Å². The zero-order valence-electron chi connectivity index (χ0n) is 18.0. The summed E-state index contributed by atoms with van der Waals surface area (Å²) in [5.74, 6) is 0.193. The Labute approximate surface area is 177 Å². The van der Waals surface area contributed by atoms with Crippen molar-refractivity contribution in [1.29, 1.82) is 0 Å². The molecule has 3 amide bonds. The summed E-state index contributed by atoms with van der Waals surface area (Å²) in [5.41, 5.74) is 2.31. The van der Waals surface area contributed by atoms with Crippen LogP contribution in [0.5, 0.6) is 0 Å². The fourth-order valence-corrected chi connectivity index (χ4v) is 4.21. The fourth-order valence-electron chi connectivity index (χ4n) is 4.21. The smallest absolute Gasteiger partial charge is 0.338 e. The molecule has 7 nitrogen and oxygen atoms in total. The number of carbonyl (C=O) groups excluding carboxylic acids is 3. The Morgan fingerprint density at radius 3 is 2.70 bits per heavy atom. The molecule has 1 atom stereocenters. The molecule has 2 N–H and O–H groups in total. The van der Waals surface area contributed by atoms with Crippen molar-refractivity contribution in [1.82, 2.24) is 10.2 Å². The second-order valence-electron chi connectivity index (χ2n) is 8.02. The van der Waals surface area contributed by atoms with Gasteiger partial charge in [0, 0.05) is 24.9 Å². The number of amides is 3. The minimum absolute atomic E-state index is 0.0104. The molecule has 0 spiro atoms. The summed E-state index contributed by atoms with van der Waals surface area (Å²) in [4.78, 5) is 38.7. The zero-order chi connectivity index (χ0) is 21.7. The lowest BCUT2D eigenvalue weighted by Crippen LogP contribution is -2.46. The number of hydrogen-bond donors (Lipinski definition) is 2. The number of nitrogens with zero attached hydrogens (tertiary/aromatic N) is 1. The van der Waals surface area contributed by atoms with Crippen molar-refractivity contribution < 1.29 is 19.1 Å². The minimum atomic E-state index is -0.636. The van der Waals surface area contributed by atoms with E-state index in [1.807, 2.05) is 18.2 Å². The number of urea groups is 1. The molecule has 2 aliphatic rings. The summed E-state index contributed by atoms with van der Waals surface area (Å²) in [5, 5.41) is 5.81. The van der Waals surface area contributed by atoms with E-state index in [1.54, 1.807) is 27.0 Å². The quantitative estimate of drug-likeness (QED) is 0.658. The second-order valence-corrected chi connectivity index (χ2v) is 8.02. The van der Waals surface area contributed by atoms with Gasteiger partial charge in [-0.25, -0.2) is 9.59 Å². The highest BCUT2D eigenvalue weighted by Gasteiger charge is 2.35. The fraction of sp³-hybridized carbons (Fsp3) is 0.522. The van der Waals surface area contributed by atoms with E-state index in [0.29, 0.717) is 34.9 Å². The standard InChI is InChI=1S/C23H31N3O4/c1-4-30-22(28)20-15(2)26(3)23(29)25-21(20)17-10-7-11-18(14-17)24-19(27)13-12-16-8-5-6-9-16/h7,10-11,14,16,21H,4-6,8-9,12-13H2,1-3H3,(H,24,27)(H,25,29)/t21-/m0/s1. The lowest BCUT2D eigenvalue weighted by Gasteiger charge is -2.33. The second kappa shape index (κ2) is 9.78. The molecule has 1 saturated carbocycles. The number of esters is 1. The predicted octanol–water partition coefficient (Wildman–Crippen LogP) is 4.13. The van der Waals surface area contributed by atoms with Crippen LogP contribution < -0.4 is 10.6 Å². The van der Waals surface area contributed by atoms with Gasteiger partial charge in [0.15, 0.2) is 0 Å². The molecular formula is C23H31N3O4. The number of carbonyl (C=O) groups is 3. The van der Waals surface area contributed by atoms with Gasteiger partial charge in [-0.2, -0.15) is 0 Å². The van der Waals surface area contributed by atoms with Gasteiger partial charge < -0.3 is 20.3 Å². The molecule has 162 valence electrons. The monoisotopic (exact) mass is 413 g/mol. The maximum atomic E-state index is 12.6. The van der Waals surface area contributed by atoms with E-state index in [1.165, 1.54) is 30.6 Å². The van der Waals surface area contributed by atoms with E-state index in [-0.39, 0.29) is 18.5 Å². The van der Waals surface area contributed by atoms with E-state index in [4.69, 9.17) is 4.74 Å². The average molecular weight is 414 g/mol. The third-order valence-electron chi connectivity index (χ3n) is 6.01. The van der Waals surface area contributed by atoms with Crippen molar-refractivity contribution >= 4 is 23.6 Å². The number of nitrogens with one attached hydrogen (secondary N) is 2. The number of rotatable bonds is 7. The molecular weight excluding hydrogens is 382 g/mol. The van der Waals surface area contributed by atoms with Crippen LogP contribution in [0.15, 0.2) is 35.5 Å². The summed E-state index contributed by atoms with van der Waals surface area (Å²) < 4.78 is 5.22. The summed E-state index contributed by atoms with van der Waals surface area (Å²) in [6.45, 7) is 3.72. The zero-order valence-corrected chi connectivity index (χ0v) is 18.0. The van der Waals surface area contributed by atoms with Crippen molar-refractivity contribution in [2.45, 2.75) is 58.4 Å². The van der Waals surface area contributed by atoms with Gasteiger partial charge in [-0.05, 0) is 43.9 Å². The van der Waals surface area contributed by atoms with E-state index in [9.17, 15) is 14.4 Å². The molecule has 0 bridgehead atoms. The minimum Gasteiger partial charge on any atom is -0.463 e. The van der Waals surface area contributed by atoms with Gasteiger partial charge in [-0.3, -0.25) is 4.79 Å². The van der Waals surface area contributed by atoms with Gasteiger partial charge in [0.1, 0.15) is 0 Å². The molecule has 1 aromatic rings. The normalized spacial score (nSPS) is 19.6. The summed E-state index contributed by atoms with van der Waals surface area (Å²) >= 11 is 0. The molecule has 1 heterocycles. The van der Waals surface area contributed by atoms with Crippen molar-refractivity contribution in [3.05, 3.63) is 41.1 Å². The Bertz CT molecular complexity index is 843. The molecule has 7 heteroatoms. The summed E-state index contributed by atoms with van der Waals surface area (Å²) in [7, 11) is 1.61. The number of anilines is 1.